The topological polar surface area (TPSA) is 85.4 Å². The van der Waals surface area contributed by atoms with Crippen molar-refractivity contribution in [2.45, 2.75) is 50.3 Å². The monoisotopic (exact) mass is 482 g/mol. The van der Waals surface area contributed by atoms with Gasteiger partial charge in [-0.1, -0.05) is 19.9 Å². The summed E-state index contributed by atoms with van der Waals surface area (Å²) in [5.74, 6) is -0.863. The molecular weight excluding hydrogens is 455 g/mol. The minimum absolute atomic E-state index is 0.0729. The van der Waals surface area contributed by atoms with Crippen molar-refractivity contribution in [1.29, 1.82) is 0 Å². The van der Waals surface area contributed by atoms with Crippen LogP contribution in [0.1, 0.15) is 48.4 Å². The van der Waals surface area contributed by atoms with Crippen molar-refractivity contribution in [1.82, 2.24) is 9.71 Å². The molecule has 34 heavy (non-hydrogen) atoms. The van der Waals surface area contributed by atoms with Gasteiger partial charge in [0, 0.05) is 12.3 Å². The molecular formula is C26H27FN2O4S. The number of rotatable bonds is 7. The highest BCUT2D eigenvalue weighted by molar-refractivity contribution is 7.90. The maximum absolute atomic E-state index is 14.5. The van der Waals surface area contributed by atoms with Crippen LogP contribution in [0, 0.1) is 5.82 Å². The number of fused-ring (bicyclic) bond motifs is 1. The lowest BCUT2D eigenvalue weighted by molar-refractivity contribution is -0.118. The van der Waals surface area contributed by atoms with E-state index in [1.54, 1.807) is 18.2 Å². The van der Waals surface area contributed by atoms with Gasteiger partial charge in [0.15, 0.2) is 0 Å². The van der Waals surface area contributed by atoms with Crippen LogP contribution in [0.4, 0.5) is 4.39 Å². The number of aromatic nitrogens is 1. The average Bonchev–Trinajstić information content (AvgIpc) is 3.27. The molecule has 0 saturated carbocycles. The number of nitrogens with zero attached hydrogens (tertiary/aromatic N) is 1. The van der Waals surface area contributed by atoms with Gasteiger partial charge in [0.2, 0.25) is 11.8 Å². The fraction of sp³-hybridized carbons (Fsp3) is 0.308. The SMILES string of the molecule is COc1cc(-c2cc(F)cc(C(C)C)c2CC(=O)NS(=O)(=O)c2ccc3c(c2)CCC3)ccn1. The van der Waals surface area contributed by atoms with Crippen LogP contribution in [0.15, 0.2) is 53.6 Å². The molecule has 0 unspecified atom stereocenters. The van der Waals surface area contributed by atoms with Crippen LogP contribution < -0.4 is 9.46 Å². The van der Waals surface area contributed by atoms with Gasteiger partial charge < -0.3 is 4.74 Å². The number of sulfonamides is 1. The molecule has 0 bridgehead atoms. The summed E-state index contributed by atoms with van der Waals surface area (Å²) >= 11 is 0. The van der Waals surface area contributed by atoms with Gasteiger partial charge in [-0.25, -0.2) is 22.5 Å². The van der Waals surface area contributed by atoms with E-state index in [0.717, 1.165) is 30.4 Å². The van der Waals surface area contributed by atoms with Gasteiger partial charge in [0.05, 0.1) is 18.4 Å². The van der Waals surface area contributed by atoms with Gasteiger partial charge in [-0.2, -0.15) is 0 Å². The molecule has 3 aromatic rings. The van der Waals surface area contributed by atoms with Crippen molar-refractivity contribution < 1.29 is 22.3 Å². The van der Waals surface area contributed by atoms with Crippen LogP contribution in [0.3, 0.4) is 0 Å². The first-order valence-corrected chi connectivity index (χ1v) is 12.7. The summed E-state index contributed by atoms with van der Waals surface area (Å²) in [4.78, 5) is 17.1. The van der Waals surface area contributed by atoms with Crippen LogP contribution in [-0.4, -0.2) is 26.4 Å². The Morgan fingerprint density at radius 2 is 1.88 bits per heavy atom. The number of ether oxygens (including phenoxy) is 1. The molecule has 0 saturated heterocycles. The first-order valence-electron chi connectivity index (χ1n) is 11.2. The summed E-state index contributed by atoms with van der Waals surface area (Å²) in [5, 5.41) is 0. The number of benzene rings is 2. The normalized spacial score (nSPS) is 13.1. The van der Waals surface area contributed by atoms with Crippen molar-refractivity contribution in [3.63, 3.8) is 0 Å². The number of amides is 1. The number of hydrogen-bond donors (Lipinski definition) is 1. The Bertz CT molecular complexity index is 1350. The second-order valence-corrected chi connectivity index (χ2v) is 10.4. The van der Waals surface area contributed by atoms with Gasteiger partial charge in [-0.15, -0.1) is 0 Å². The zero-order valence-electron chi connectivity index (χ0n) is 19.4. The fourth-order valence-electron chi connectivity index (χ4n) is 4.44. The van der Waals surface area contributed by atoms with Crippen molar-refractivity contribution in [2.24, 2.45) is 0 Å². The molecule has 0 fully saturated rings. The van der Waals surface area contributed by atoms with E-state index in [0.29, 0.717) is 28.1 Å². The minimum Gasteiger partial charge on any atom is -0.481 e. The van der Waals surface area contributed by atoms with E-state index in [1.165, 1.54) is 31.5 Å². The highest BCUT2D eigenvalue weighted by Crippen LogP contribution is 2.33. The van der Waals surface area contributed by atoms with Crippen LogP contribution >= 0.6 is 0 Å². The zero-order chi connectivity index (χ0) is 24.5. The van der Waals surface area contributed by atoms with Gasteiger partial charge >= 0.3 is 0 Å². The summed E-state index contributed by atoms with van der Waals surface area (Å²) < 4.78 is 47.8. The van der Waals surface area contributed by atoms with Crippen LogP contribution in [0.25, 0.3) is 11.1 Å². The van der Waals surface area contributed by atoms with Crippen molar-refractivity contribution in [3.8, 4) is 17.0 Å². The summed E-state index contributed by atoms with van der Waals surface area (Å²) in [5.41, 5.74) is 4.47. The molecule has 1 amide bonds. The van der Waals surface area contributed by atoms with E-state index in [1.807, 2.05) is 19.9 Å². The summed E-state index contributed by atoms with van der Waals surface area (Å²) in [6, 6.07) is 11.1. The van der Waals surface area contributed by atoms with Gasteiger partial charge in [-0.3, -0.25) is 4.79 Å². The molecule has 1 heterocycles. The van der Waals surface area contributed by atoms with Gasteiger partial charge in [-0.05, 0) is 88.9 Å². The molecule has 0 aliphatic heterocycles. The highest BCUT2D eigenvalue weighted by Gasteiger charge is 2.23. The Labute approximate surface area is 199 Å². The number of nitrogens with one attached hydrogen (secondary N) is 1. The Kier molecular flexibility index (Phi) is 6.70. The van der Waals surface area contributed by atoms with Crippen LogP contribution in [0.5, 0.6) is 5.88 Å². The van der Waals surface area contributed by atoms with E-state index in [9.17, 15) is 17.6 Å². The highest BCUT2D eigenvalue weighted by atomic mass is 32.2. The number of carbonyl (C=O) groups excluding carboxylic acids is 1. The predicted octanol–water partition coefficient (Wildman–Crippen LogP) is 4.56. The number of halogens is 1. The smallest absolute Gasteiger partial charge is 0.264 e. The molecule has 1 aliphatic carbocycles. The predicted molar refractivity (Wildman–Crippen MR) is 128 cm³/mol. The second kappa shape index (κ2) is 9.54. The summed E-state index contributed by atoms with van der Waals surface area (Å²) in [6.07, 6.45) is 4.08. The van der Waals surface area contributed by atoms with Gasteiger partial charge in [0.1, 0.15) is 5.82 Å². The van der Waals surface area contributed by atoms with E-state index in [-0.39, 0.29) is 17.2 Å². The first kappa shape index (κ1) is 23.9. The molecule has 0 spiro atoms. The van der Waals surface area contributed by atoms with E-state index in [2.05, 4.69) is 9.71 Å². The number of pyridine rings is 1. The maximum Gasteiger partial charge on any atom is 0.264 e. The second-order valence-electron chi connectivity index (χ2n) is 8.75. The summed E-state index contributed by atoms with van der Waals surface area (Å²) in [6.45, 7) is 3.79. The zero-order valence-corrected chi connectivity index (χ0v) is 20.2. The van der Waals surface area contributed by atoms with Crippen molar-refractivity contribution >= 4 is 15.9 Å². The standard InChI is InChI=1S/C26H27FN2O4S/c1-16(2)22-13-20(27)14-23(19-9-10-28-26(12-19)33-3)24(22)15-25(30)29-34(31,32)21-8-7-17-5-4-6-18(17)11-21/h7-14,16H,4-6,15H2,1-3H3,(H,29,30). The van der Waals surface area contributed by atoms with E-state index >= 15 is 0 Å². The average molecular weight is 483 g/mol. The molecule has 1 N–H and O–H groups in total. The third kappa shape index (κ3) is 4.97. The lowest BCUT2D eigenvalue weighted by Gasteiger charge is -2.18. The molecule has 0 radical (unpaired) electrons. The molecule has 2 aromatic carbocycles. The van der Waals surface area contributed by atoms with Crippen molar-refractivity contribution in [3.05, 3.63) is 76.7 Å². The molecule has 178 valence electrons. The molecule has 1 aromatic heterocycles. The third-order valence-corrected chi connectivity index (χ3v) is 7.46. The van der Waals surface area contributed by atoms with E-state index in [4.69, 9.17) is 4.74 Å². The van der Waals surface area contributed by atoms with Crippen LogP contribution in [0.2, 0.25) is 0 Å². The lowest BCUT2D eigenvalue weighted by atomic mass is 9.88. The number of hydrogen-bond acceptors (Lipinski definition) is 5. The Morgan fingerprint density at radius 1 is 1.12 bits per heavy atom. The van der Waals surface area contributed by atoms with E-state index < -0.39 is 21.7 Å². The maximum atomic E-state index is 14.5. The number of methoxy groups -OCH3 is 1. The fourth-order valence-corrected chi connectivity index (χ4v) is 5.47. The largest absolute Gasteiger partial charge is 0.481 e. The first-order chi connectivity index (χ1) is 16.2. The van der Waals surface area contributed by atoms with Crippen LogP contribution in [-0.2, 0) is 34.1 Å². The molecule has 1 aliphatic rings. The minimum atomic E-state index is -4.03. The van der Waals surface area contributed by atoms with Crippen molar-refractivity contribution in [2.75, 3.05) is 7.11 Å². The number of aryl methyl sites for hydroxylation is 2. The molecule has 4 rings (SSSR count). The van der Waals surface area contributed by atoms with Gasteiger partial charge in [0.25, 0.3) is 10.0 Å². The quantitative estimate of drug-likeness (QED) is 0.534. The summed E-state index contributed by atoms with van der Waals surface area (Å²) in [7, 11) is -2.55. The molecule has 6 nitrogen and oxygen atoms in total. The lowest BCUT2D eigenvalue weighted by Crippen LogP contribution is -2.32. The Hall–Kier alpha value is -3.26. The molecule has 0 atom stereocenters. The Balaban J connectivity index is 1.68. The molecule has 8 heteroatoms. The third-order valence-electron chi connectivity index (χ3n) is 6.09. The number of carbonyl (C=O) groups is 1. The Morgan fingerprint density at radius 3 is 2.62 bits per heavy atom.